The Kier molecular flexibility index (Phi) is 5.93. The summed E-state index contributed by atoms with van der Waals surface area (Å²) < 4.78 is 49.1. The zero-order valence-corrected chi connectivity index (χ0v) is 15.5. The Labute approximate surface area is 161 Å². The van der Waals surface area contributed by atoms with Gasteiger partial charge in [0.25, 0.3) is 5.91 Å². The quantitative estimate of drug-likeness (QED) is 0.829. The molecule has 0 aliphatic carbocycles. The van der Waals surface area contributed by atoms with Crippen molar-refractivity contribution >= 4 is 5.91 Å². The summed E-state index contributed by atoms with van der Waals surface area (Å²) >= 11 is 0. The van der Waals surface area contributed by atoms with E-state index in [9.17, 15) is 18.0 Å². The molecule has 0 spiro atoms. The maximum atomic E-state index is 12.7. The Hall–Kier alpha value is -2.54. The number of para-hydroxylation sites is 1. The summed E-state index contributed by atoms with van der Waals surface area (Å²) in [6, 6.07) is 11.9. The van der Waals surface area contributed by atoms with Crippen LogP contribution in [-0.2, 0) is 16.3 Å². The molecule has 1 saturated heterocycles. The Morgan fingerprint density at radius 2 is 1.75 bits per heavy atom. The number of halogens is 3. The van der Waals surface area contributed by atoms with Gasteiger partial charge in [-0.15, -0.1) is 0 Å². The molecule has 1 fully saturated rings. The maximum Gasteiger partial charge on any atom is 0.416 e. The van der Waals surface area contributed by atoms with Gasteiger partial charge in [0, 0.05) is 36.3 Å². The number of hydrogen-bond donors (Lipinski definition) is 1. The predicted molar refractivity (Wildman–Crippen MR) is 98.5 cm³/mol. The standard InChI is InChI=1S/C21H22F3NO3/c1-27-18-5-3-2-4-17(18)20(10-12-28-13-11-20)14-25-19(26)15-6-8-16(9-7-15)21(22,23)24/h2-9H,10-14H2,1H3,(H,25,26). The number of nitrogens with one attached hydrogen (secondary N) is 1. The lowest BCUT2D eigenvalue weighted by molar-refractivity contribution is -0.137. The van der Waals surface area contributed by atoms with Gasteiger partial charge in [-0.05, 0) is 43.2 Å². The molecule has 4 nitrogen and oxygen atoms in total. The summed E-state index contributed by atoms with van der Waals surface area (Å²) in [6.45, 7) is 1.47. The van der Waals surface area contributed by atoms with E-state index in [4.69, 9.17) is 9.47 Å². The van der Waals surface area contributed by atoms with Crippen molar-refractivity contribution in [2.24, 2.45) is 0 Å². The van der Waals surface area contributed by atoms with Crippen LogP contribution in [-0.4, -0.2) is 32.8 Å². The predicted octanol–water partition coefficient (Wildman–Crippen LogP) is 4.19. The van der Waals surface area contributed by atoms with Gasteiger partial charge in [0.05, 0.1) is 12.7 Å². The van der Waals surface area contributed by atoms with Crippen molar-refractivity contribution in [1.82, 2.24) is 5.32 Å². The monoisotopic (exact) mass is 393 g/mol. The van der Waals surface area contributed by atoms with Gasteiger partial charge in [0.2, 0.25) is 0 Å². The molecule has 1 heterocycles. The van der Waals surface area contributed by atoms with Crippen LogP contribution in [0.5, 0.6) is 5.75 Å². The molecule has 0 bridgehead atoms. The Balaban J connectivity index is 1.78. The number of methoxy groups -OCH3 is 1. The molecule has 0 radical (unpaired) electrons. The average molecular weight is 393 g/mol. The summed E-state index contributed by atoms with van der Waals surface area (Å²) in [7, 11) is 1.60. The first kappa shape index (κ1) is 20.2. The summed E-state index contributed by atoms with van der Waals surface area (Å²) in [5, 5.41) is 2.89. The summed E-state index contributed by atoms with van der Waals surface area (Å²) in [4.78, 5) is 12.5. The van der Waals surface area contributed by atoms with Crippen molar-refractivity contribution in [1.29, 1.82) is 0 Å². The highest BCUT2D eigenvalue weighted by atomic mass is 19.4. The third kappa shape index (κ3) is 4.30. The Morgan fingerprint density at radius 1 is 1.11 bits per heavy atom. The van der Waals surface area contributed by atoms with Crippen molar-refractivity contribution < 1.29 is 27.4 Å². The van der Waals surface area contributed by atoms with E-state index < -0.39 is 17.6 Å². The maximum absolute atomic E-state index is 12.7. The first-order chi connectivity index (χ1) is 13.4. The van der Waals surface area contributed by atoms with Crippen molar-refractivity contribution in [2.75, 3.05) is 26.9 Å². The van der Waals surface area contributed by atoms with Crippen molar-refractivity contribution in [3.05, 3.63) is 65.2 Å². The van der Waals surface area contributed by atoms with Gasteiger partial charge in [-0.1, -0.05) is 18.2 Å². The number of alkyl halides is 3. The molecule has 0 aromatic heterocycles. The van der Waals surface area contributed by atoms with Gasteiger partial charge in [0.1, 0.15) is 5.75 Å². The normalized spacial score (nSPS) is 16.4. The third-order valence-corrected chi connectivity index (χ3v) is 5.19. The number of carbonyl (C=O) groups is 1. The summed E-state index contributed by atoms with van der Waals surface area (Å²) in [6.07, 6.45) is -3.01. The Morgan fingerprint density at radius 3 is 2.36 bits per heavy atom. The number of amides is 1. The van der Waals surface area contributed by atoms with Crippen LogP contribution >= 0.6 is 0 Å². The number of carbonyl (C=O) groups excluding carboxylic acids is 1. The molecule has 1 aliphatic rings. The largest absolute Gasteiger partial charge is 0.496 e. The number of ether oxygens (including phenoxy) is 2. The van der Waals surface area contributed by atoms with Crippen LogP contribution < -0.4 is 10.1 Å². The smallest absolute Gasteiger partial charge is 0.416 e. The molecule has 0 atom stereocenters. The van der Waals surface area contributed by atoms with Gasteiger partial charge in [0.15, 0.2) is 0 Å². The van der Waals surface area contributed by atoms with Crippen LogP contribution in [0.4, 0.5) is 13.2 Å². The van der Waals surface area contributed by atoms with Crippen molar-refractivity contribution in [3.63, 3.8) is 0 Å². The third-order valence-electron chi connectivity index (χ3n) is 5.19. The number of benzene rings is 2. The fourth-order valence-corrected chi connectivity index (χ4v) is 3.55. The zero-order valence-electron chi connectivity index (χ0n) is 15.5. The second kappa shape index (κ2) is 8.22. The lowest BCUT2D eigenvalue weighted by Gasteiger charge is -2.38. The van der Waals surface area contributed by atoms with Crippen LogP contribution in [0.1, 0.15) is 34.3 Å². The van der Waals surface area contributed by atoms with E-state index in [-0.39, 0.29) is 11.0 Å². The van der Waals surface area contributed by atoms with E-state index in [1.807, 2.05) is 24.3 Å². The summed E-state index contributed by atoms with van der Waals surface area (Å²) in [5.41, 5.74) is 0.0506. The molecule has 2 aromatic carbocycles. The minimum absolute atomic E-state index is 0.190. The molecule has 150 valence electrons. The molecule has 1 N–H and O–H groups in total. The average Bonchev–Trinajstić information content (AvgIpc) is 2.72. The second-order valence-corrected chi connectivity index (χ2v) is 6.85. The molecule has 0 unspecified atom stereocenters. The van der Waals surface area contributed by atoms with E-state index >= 15 is 0 Å². The number of hydrogen-bond acceptors (Lipinski definition) is 3. The minimum atomic E-state index is -4.43. The van der Waals surface area contributed by atoms with Crippen LogP contribution in [0.3, 0.4) is 0 Å². The fourth-order valence-electron chi connectivity index (χ4n) is 3.55. The highest BCUT2D eigenvalue weighted by molar-refractivity contribution is 5.94. The lowest BCUT2D eigenvalue weighted by atomic mass is 9.73. The highest BCUT2D eigenvalue weighted by Gasteiger charge is 2.37. The minimum Gasteiger partial charge on any atom is -0.496 e. The van der Waals surface area contributed by atoms with Crippen molar-refractivity contribution in [3.8, 4) is 5.75 Å². The zero-order chi connectivity index (χ0) is 20.2. The second-order valence-electron chi connectivity index (χ2n) is 6.85. The van der Waals surface area contributed by atoms with Gasteiger partial charge >= 0.3 is 6.18 Å². The molecular weight excluding hydrogens is 371 g/mol. The van der Waals surface area contributed by atoms with E-state index in [1.165, 1.54) is 12.1 Å². The number of rotatable bonds is 5. The molecular formula is C21H22F3NO3. The molecule has 1 amide bonds. The van der Waals surface area contributed by atoms with Crippen LogP contribution in [0.25, 0.3) is 0 Å². The first-order valence-corrected chi connectivity index (χ1v) is 9.02. The van der Waals surface area contributed by atoms with Crippen molar-refractivity contribution in [2.45, 2.75) is 24.4 Å². The van der Waals surface area contributed by atoms with E-state index in [0.29, 0.717) is 32.6 Å². The first-order valence-electron chi connectivity index (χ1n) is 9.02. The Bertz CT molecular complexity index is 812. The van der Waals surface area contributed by atoms with E-state index in [1.54, 1.807) is 7.11 Å². The molecule has 3 rings (SSSR count). The SMILES string of the molecule is COc1ccccc1C1(CNC(=O)c2ccc(C(F)(F)F)cc2)CCOCC1. The lowest BCUT2D eigenvalue weighted by Crippen LogP contribution is -2.44. The highest BCUT2D eigenvalue weighted by Crippen LogP contribution is 2.39. The van der Waals surface area contributed by atoms with Gasteiger partial charge in [-0.2, -0.15) is 13.2 Å². The van der Waals surface area contributed by atoms with E-state index in [2.05, 4.69) is 5.32 Å². The van der Waals surface area contributed by atoms with Crippen LogP contribution in [0.2, 0.25) is 0 Å². The topological polar surface area (TPSA) is 47.6 Å². The molecule has 7 heteroatoms. The molecule has 1 aliphatic heterocycles. The van der Waals surface area contributed by atoms with Crippen LogP contribution in [0, 0.1) is 0 Å². The van der Waals surface area contributed by atoms with Gasteiger partial charge in [-0.3, -0.25) is 4.79 Å². The molecule has 2 aromatic rings. The van der Waals surface area contributed by atoms with Crippen LogP contribution in [0.15, 0.2) is 48.5 Å². The molecule has 28 heavy (non-hydrogen) atoms. The van der Waals surface area contributed by atoms with Gasteiger partial charge < -0.3 is 14.8 Å². The fraction of sp³-hybridized carbons (Fsp3) is 0.381. The molecule has 0 saturated carbocycles. The van der Waals surface area contributed by atoms with E-state index in [0.717, 1.165) is 23.4 Å². The van der Waals surface area contributed by atoms with Gasteiger partial charge in [-0.25, -0.2) is 0 Å². The summed E-state index contributed by atoms with van der Waals surface area (Å²) in [5.74, 6) is 0.336.